The van der Waals surface area contributed by atoms with Gasteiger partial charge in [-0.3, -0.25) is 0 Å². The third-order valence-corrected chi connectivity index (χ3v) is 0.364. The van der Waals surface area contributed by atoms with Crippen LogP contribution in [0.4, 0.5) is 4.39 Å². The molecule has 0 amide bonds. The van der Waals surface area contributed by atoms with Gasteiger partial charge in [-0.25, -0.2) is 9.18 Å². The van der Waals surface area contributed by atoms with Crippen molar-refractivity contribution in [2.75, 3.05) is 0 Å². The molecule has 0 unspecified atom stereocenters. The van der Waals surface area contributed by atoms with Crippen molar-refractivity contribution in [2.24, 2.45) is 5.73 Å². The molecule has 0 aliphatic heterocycles. The van der Waals surface area contributed by atoms with Gasteiger partial charge in [-0.1, -0.05) is 0 Å². The Morgan fingerprint density at radius 2 is 2.29 bits per heavy atom. The summed E-state index contributed by atoms with van der Waals surface area (Å²) in [6.07, 6.45) is -0.164. The number of aliphatic carboxylic acids is 1. The minimum atomic E-state index is -1.44. The van der Waals surface area contributed by atoms with Crippen molar-refractivity contribution in [3.05, 3.63) is 12.0 Å². The Labute approximate surface area is 39.2 Å². The molecule has 0 saturated carbocycles. The van der Waals surface area contributed by atoms with E-state index in [4.69, 9.17) is 5.11 Å². The number of nitrogens with two attached hydrogens (primary N) is 1. The molecule has 0 saturated heterocycles. The molecule has 0 bridgehead atoms. The van der Waals surface area contributed by atoms with E-state index in [0.29, 0.717) is 0 Å². The van der Waals surface area contributed by atoms with Gasteiger partial charge in [-0.2, -0.15) is 0 Å². The quantitative estimate of drug-likeness (QED) is 0.455. The Bertz CT molecular complexity index is 110. The number of hydrogen-bond acceptors (Lipinski definition) is 2. The lowest BCUT2D eigenvalue weighted by molar-refractivity contribution is -0.132. The molecular formula is C3H4FNO2. The highest BCUT2D eigenvalue weighted by molar-refractivity contribution is 5.84. The molecule has 0 spiro atoms. The Hall–Kier alpha value is -1.06. The summed E-state index contributed by atoms with van der Waals surface area (Å²) in [7, 11) is 0. The lowest BCUT2D eigenvalue weighted by Gasteiger charge is -1.82. The molecule has 0 aliphatic rings. The average Bonchev–Trinajstić information content (AvgIpc) is 1.65. The van der Waals surface area contributed by atoms with E-state index in [9.17, 15) is 9.18 Å². The number of carbonyl (C=O) groups is 1. The smallest absolute Gasteiger partial charge is 0.354 e. The van der Waals surface area contributed by atoms with Crippen molar-refractivity contribution >= 4 is 5.97 Å². The molecule has 0 aromatic carbocycles. The molecule has 4 heteroatoms. The van der Waals surface area contributed by atoms with E-state index in [2.05, 4.69) is 5.73 Å². The maximum absolute atomic E-state index is 11.0. The van der Waals surface area contributed by atoms with E-state index in [0.717, 1.165) is 0 Å². The van der Waals surface area contributed by atoms with Crippen molar-refractivity contribution in [3.63, 3.8) is 0 Å². The van der Waals surface area contributed by atoms with Crippen LogP contribution < -0.4 is 5.73 Å². The van der Waals surface area contributed by atoms with Gasteiger partial charge in [0.15, 0.2) is 0 Å². The molecule has 40 valence electrons. The summed E-state index contributed by atoms with van der Waals surface area (Å²) in [4.78, 5) is 9.50. The molecule has 0 aliphatic carbocycles. The Kier molecular flexibility index (Phi) is 1.84. The van der Waals surface area contributed by atoms with Crippen molar-refractivity contribution < 1.29 is 14.3 Å². The van der Waals surface area contributed by atoms with Gasteiger partial charge in [0.2, 0.25) is 0 Å². The Morgan fingerprint density at radius 1 is 1.86 bits per heavy atom. The van der Waals surface area contributed by atoms with Crippen LogP contribution in [0.25, 0.3) is 0 Å². The van der Waals surface area contributed by atoms with Crippen LogP contribution in [0.2, 0.25) is 0 Å². The fourth-order valence-corrected chi connectivity index (χ4v) is 0.0467. The predicted molar refractivity (Wildman–Crippen MR) is 21.0 cm³/mol. The summed E-state index contributed by atoms with van der Waals surface area (Å²) in [6.45, 7) is 0. The van der Waals surface area contributed by atoms with Crippen LogP contribution in [0.3, 0.4) is 0 Å². The number of carboxylic acids is 1. The van der Waals surface area contributed by atoms with Crippen LogP contribution in [0, 0.1) is 0 Å². The summed E-state index contributed by atoms with van der Waals surface area (Å²) in [6, 6.07) is 0. The molecule has 7 heavy (non-hydrogen) atoms. The standard InChI is InChI=1S/C3H4FNO2/c4-1-2(5)3(6)7/h1H,5H2,(H,6,7)/b2-1-. The van der Waals surface area contributed by atoms with Gasteiger partial charge in [0.1, 0.15) is 12.0 Å². The second-order valence-corrected chi connectivity index (χ2v) is 0.870. The molecule has 3 nitrogen and oxygen atoms in total. The summed E-state index contributed by atoms with van der Waals surface area (Å²) < 4.78 is 11.0. The van der Waals surface area contributed by atoms with Crippen molar-refractivity contribution in [1.29, 1.82) is 0 Å². The van der Waals surface area contributed by atoms with Gasteiger partial charge in [0, 0.05) is 0 Å². The molecule has 0 rings (SSSR count). The summed E-state index contributed by atoms with van der Waals surface area (Å²) in [5.74, 6) is -1.44. The summed E-state index contributed by atoms with van der Waals surface area (Å²) in [5, 5.41) is 7.75. The Balaban J connectivity index is 3.82. The van der Waals surface area contributed by atoms with Gasteiger partial charge in [0.25, 0.3) is 0 Å². The maximum Gasteiger partial charge on any atom is 0.354 e. The third-order valence-electron chi connectivity index (χ3n) is 0.364. The van der Waals surface area contributed by atoms with E-state index in [-0.39, 0.29) is 6.33 Å². The van der Waals surface area contributed by atoms with Crippen LogP contribution in [-0.2, 0) is 4.79 Å². The van der Waals surface area contributed by atoms with Crippen molar-refractivity contribution in [1.82, 2.24) is 0 Å². The summed E-state index contributed by atoms with van der Waals surface area (Å²) >= 11 is 0. The summed E-state index contributed by atoms with van der Waals surface area (Å²) in [5.41, 5.74) is 3.72. The number of hydrogen-bond donors (Lipinski definition) is 2. The first kappa shape index (κ1) is 5.94. The topological polar surface area (TPSA) is 63.3 Å². The van der Waals surface area contributed by atoms with Crippen molar-refractivity contribution in [3.8, 4) is 0 Å². The van der Waals surface area contributed by atoms with E-state index in [1.54, 1.807) is 0 Å². The number of halogens is 1. The van der Waals surface area contributed by atoms with Gasteiger partial charge >= 0.3 is 5.97 Å². The first-order valence-electron chi connectivity index (χ1n) is 1.47. The second kappa shape index (κ2) is 2.17. The largest absolute Gasteiger partial charge is 0.477 e. The minimum absolute atomic E-state index is 0.164. The molecular weight excluding hydrogens is 101 g/mol. The van der Waals surface area contributed by atoms with Crippen LogP contribution in [0.5, 0.6) is 0 Å². The lowest BCUT2D eigenvalue weighted by Crippen LogP contribution is -2.08. The molecule has 3 N–H and O–H groups in total. The van der Waals surface area contributed by atoms with Crippen LogP contribution in [0.1, 0.15) is 0 Å². The molecule has 0 aromatic rings. The zero-order chi connectivity index (χ0) is 5.86. The fourth-order valence-electron chi connectivity index (χ4n) is 0.0467. The highest BCUT2D eigenvalue weighted by Gasteiger charge is 1.96. The van der Waals surface area contributed by atoms with Gasteiger partial charge in [0.05, 0.1) is 0 Å². The molecule has 0 atom stereocenters. The zero-order valence-corrected chi connectivity index (χ0v) is 3.39. The van der Waals surface area contributed by atoms with Crippen molar-refractivity contribution in [2.45, 2.75) is 0 Å². The van der Waals surface area contributed by atoms with E-state index >= 15 is 0 Å². The van der Waals surface area contributed by atoms with E-state index in [1.807, 2.05) is 0 Å². The molecule has 0 aromatic heterocycles. The van der Waals surface area contributed by atoms with E-state index < -0.39 is 11.7 Å². The molecule has 0 heterocycles. The van der Waals surface area contributed by atoms with Crippen LogP contribution >= 0.6 is 0 Å². The molecule has 0 radical (unpaired) electrons. The monoisotopic (exact) mass is 105 g/mol. The second-order valence-electron chi connectivity index (χ2n) is 0.870. The first-order valence-corrected chi connectivity index (χ1v) is 1.47. The SMILES string of the molecule is N/C(=C\F)C(=O)O. The van der Waals surface area contributed by atoms with Gasteiger partial charge in [-0.15, -0.1) is 0 Å². The molecule has 0 fully saturated rings. The maximum atomic E-state index is 11.0. The Morgan fingerprint density at radius 3 is 2.29 bits per heavy atom. The van der Waals surface area contributed by atoms with Gasteiger partial charge < -0.3 is 10.8 Å². The van der Waals surface area contributed by atoms with E-state index in [1.165, 1.54) is 0 Å². The fraction of sp³-hybridized carbons (Fsp3) is 0. The minimum Gasteiger partial charge on any atom is -0.477 e. The van der Waals surface area contributed by atoms with Crippen LogP contribution in [0.15, 0.2) is 12.0 Å². The lowest BCUT2D eigenvalue weighted by atomic mass is 10.5. The van der Waals surface area contributed by atoms with Gasteiger partial charge in [-0.05, 0) is 0 Å². The third kappa shape index (κ3) is 1.75. The number of rotatable bonds is 1. The predicted octanol–water partition coefficient (Wildman–Crippen LogP) is -0.159. The average molecular weight is 105 g/mol. The highest BCUT2D eigenvalue weighted by atomic mass is 19.1. The highest BCUT2D eigenvalue weighted by Crippen LogP contribution is 1.80. The zero-order valence-electron chi connectivity index (χ0n) is 3.39. The normalized spacial score (nSPS) is 11.3. The first-order chi connectivity index (χ1) is 3.18. The number of carboxylic acid groups (broad SMARTS) is 1. The van der Waals surface area contributed by atoms with Crippen LogP contribution in [-0.4, -0.2) is 11.1 Å².